The third kappa shape index (κ3) is 4.73. The smallest absolute Gasteiger partial charge is 0.268 e. The van der Waals surface area contributed by atoms with Crippen LogP contribution in [0.1, 0.15) is 66.7 Å². The number of carbonyl (C=O) groups excluding carboxylic acids is 1. The maximum absolute atomic E-state index is 13.2. The van der Waals surface area contributed by atoms with E-state index in [1.165, 1.54) is 31.2 Å². The molecule has 5 heteroatoms. The van der Waals surface area contributed by atoms with Crippen molar-refractivity contribution in [1.29, 1.82) is 0 Å². The first-order valence-electron chi connectivity index (χ1n) is 12.2. The summed E-state index contributed by atoms with van der Waals surface area (Å²) in [5.41, 5.74) is 3.86. The number of benzene rings is 1. The Bertz CT molecular complexity index is 1060. The molecule has 2 aliphatic rings. The molecular formula is C27H34N4O. The molecule has 1 aliphatic carbocycles. The standard InChI is InChI=1S/C27H34N4O/c1-20-13-14-30(17-20)18-24-19-31-25(11-6-12-26(31)29-24)27(32)28-16-23(15-21-7-5-8-21)22-9-3-2-4-10-22/h2-4,6,9-12,19-21,23H,5,7-8,13-18H2,1H3,(H,28,32)/t20-,23?/m1/s1. The molecule has 1 saturated carbocycles. The summed E-state index contributed by atoms with van der Waals surface area (Å²) in [5, 5.41) is 3.23. The molecule has 5 rings (SSSR count). The highest BCUT2D eigenvalue weighted by Gasteiger charge is 2.24. The van der Waals surface area contributed by atoms with Crippen molar-refractivity contribution >= 4 is 11.6 Å². The summed E-state index contributed by atoms with van der Waals surface area (Å²) in [6, 6.07) is 16.4. The van der Waals surface area contributed by atoms with Gasteiger partial charge in [0.1, 0.15) is 11.3 Å². The minimum Gasteiger partial charge on any atom is -0.350 e. The van der Waals surface area contributed by atoms with E-state index in [1.807, 2.05) is 28.8 Å². The predicted octanol–water partition coefficient (Wildman–Crippen LogP) is 4.88. The lowest BCUT2D eigenvalue weighted by Crippen LogP contribution is -2.31. The largest absolute Gasteiger partial charge is 0.350 e. The molecule has 3 heterocycles. The fourth-order valence-electron chi connectivity index (χ4n) is 5.22. The lowest BCUT2D eigenvalue weighted by atomic mass is 9.77. The number of fused-ring (bicyclic) bond motifs is 1. The van der Waals surface area contributed by atoms with Gasteiger partial charge in [-0.15, -0.1) is 0 Å². The van der Waals surface area contributed by atoms with Gasteiger partial charge in [0.15, 0.2) is 0 Å². The lowest BCUT2D eigenvalue weighted by molar-refractivity contribution is 0.0942. The van der Waals surface area contributed by atoms with Gasteiger partial charge >= 0.3 is 0 Å². The Hall–Kier alpha value is -2.66. The van der Waals surface area contributed by atoms with Crippen molar-refractivity contribution in [2.75, 3.05) is 19.6 Å². The summed E-state index contributed by atoms with van der Waals surface area (Å²) in [6.07, 6.45) is 8.44. The van der Waals surface area contributed by atoms with E-state index >= 15 is 0 Å². The number of imidazole rings is 1. The van der Waals surface area contributed by atoms with Gasteiger partial charge in [0, 0.05) is 31.7 Å². The molecule has 2 aromatic heterocycles. The normalized spacial score (nSPS) is 20.3. The Morgan fingerprint density at radius 1 is 1.12 bits per heavy atom. The van der Waals surface area contributed by atoms with Crippen LogP contribution in [0, 0.1) is 11.8 Å². The van der Waals surface area contributed by atoms with Crippen molar-refractivity contribution in [3.8, 4) is 0 Å². The summed E-state index contributed by atoms with van der Waals surface area (Å²) in [6.45, 7) is 6.08. The first-order valence-corrected chi connectivity index (χ1v) is 12.2. The molecule has 168 valence electrons. The Morgan fingerprint density at radius 3 is 2.69 bits per heavy atom. The van der Waals surface area contributed by atoms with Crippen molar-refractivity contribution in [1.82, 2.24) is 19.6 Å². The second kappa shape index (κ2) is 9.45. The fourth-order valence-corrected chi connectivity index (χ4v) is 5.22. The zero-order valence-corrected chi connectivity index (χ0v) is 19.0. The molecule has 0 radical (unpaired) electrons. The number of rotatable bonds is 8. The number of aromatic nitrogens is 2. The number of nitrogens with one attached hydrogen (secondary N) is 1. The van der Waals surface area contributed by atoms with Gasteiger partial charge in [-0.05, 0) is 48.9 Å². The number of nitrogens with zero attached hydrogens (tertiary/aromatic N) is 3. The summed E-state index contributed by atoms with van der Waals surface area (Å²) >= 11 is 0. The summed E-state index contributed by atoms with van der Waals surface area (Å²) < 4.78 is 1.95. The van der Waals surface area contributed by atoms with Gasteiger partial charge in [0.2, 0.25) is 0 Å². The SMILES string of the molecule is C[C@@H]1CCN(Cc2cn3c(C(=O)NCC(CC4CCC4)c4ccccc4)cccc3n2)C1. The first kappa shape index (κ1) is 21.2. The second-order valence-corrected chi connectivity index (χ2v) is 9.85. The number of amides is 1. The van der Waals surface area contributed by atoms with Gasteiger partial charge < -0.3 is 5.32 Å². The van der Waals surface area contributed by atoms with Crippen molar-refractivity contribution in [3.63, 3.8) is 0 Å². The predicted molar refractivity (Wildman–Crippen MR) is 128 cm³/mol. The van der Waals surface area contributed by atoms with Gasteiger partial charge in [0.25, 0.3) is 5.91 Å². The second-order valence-electron chi connectivity index (χ2n) is 9.85. The van der Waals surface area contributed by atoms with Gasteiger partial charge in [-0.2, -0.15) is 0 Å². The molecule has 1 saturated heterocycles. The number of carbonyl (C=O) groups is 1. The first-order chi connectivity index (χ1) is 15.7. The van der Waals surface area contributed by atoms with E-state index < -0.39 is 0 Å². The topological polar surface area (TPSA) is 49.6 Å². The molecular weight excluding hydrogens is 396 g/mol. The van der Waals surface area contributed by atoms with Crippen LogP contribution in [0.3, 0.4) is 0 Å². The van der Waals surface area contributed by atoms with Crippen LogP contribution in [0.2, 0.25) is 0 Å². The molecule has 1 N–H and O–H groups in total. The van der Waals surface area contributed by atoms with Crippen LogP contribution >= 0.6 is 0 Å². The highest BCUT2D eigenvalue weighted by atomic mass is 16.1. The maximum atomic E-state index is 13.2. The van der Waals surface area contributed by atoms with Crippen molar-refractivity contribution < 1.29 is 4.79 Å². The fraction of sp³-hybridized carbons (Fsp3) is 0.481. The monoisotopic (exact) mass is 430 g/mol. The number of hydrogen-bond acceptors (Lipinski definition) is 3. The zero-order chi connectivity index (χ0) is 21.9. The zero-order valence-electron chi connectivity index (χ0n) is 19.0. The van der Waals surface area contributed by atoms with Crippen molar-refractivity contribution in [3.05, 3.63) is 71.7 Å². The van der Waals surface area contributed by atoms with Gasteiger partial charge in [-0.1, -0.05) is 62.6 Å². The van der Waals surface area contributed by atoms with E-state index in [1.54, 1.807) is 0 Å². The summed E-state index contributed by atoms with van der Waals surface area (Å²) in [5.74, 6) is 1.89. The van der Waals surface area contributed by atoms with Crippen LogP contribution in [0.5, 0.6) is 0 Å². The Labute approximate surface area is 190 Å². The Balaban J connectivity index is 1.29. The van der Waals surface area contributed by atoms with Crippen LogP contribution in [0.15, 0.2) is 54.7 Å². The van der Waals surface area contributed by atoms with E-state index in [2.05, 4.69) is 47.5 Å². The number of pyridine rings is 1. The number of likely N-dealkylation sites (tertiary alicyclic amines) is 1. The third-order valence-electron chi connectivity index (χ3n) is 7.29. The molecule has 1 aliphatic heterocycles. The minimum atomic E-state index is -0.0242. The van der Waals surface area contributed by atoms with Crippen molar-refractivity contribution in [2.24, 2.45) is 11.8 Å². The van der Waals surface area contributed by atoms with Crippen LogP contribution in [-0.4, -0.2) is 39.8 Å². The van der Waals surface area contributed by atoms with Gasteiger partial charge in [-0.3, -0.25) is 14.1 Å². The molecule has 2 fully saturated rings. The molecule has 1 amide bonds. The average Bonchev–Trinajstić information content (AvgIpc) is 3.38. The summed E-state index contributed by atoms with van der Waals surface area (Å²) in [4.78, 5) is 20.4. The molecule has 1 aromatic carbocycles. The quantitative estimate of drug-likeness (QED) is 0.554. The van der Waals surface area contributed by atoms with E-state index in [0.717, 1.165) is 49.2 Å². The molecule has 0 bridgehead atoms. The van der Waals surface area contributed by atoms with E-state index in [4.69, 9.17) is 4.98 Å². The Morgan fingerprint density at radius 2 is 1.97 bits per heavy atom. The third-order valence-corrected chi connectivity index (χ3v) is 7.29. The molecule has 0 spiro atoms. The number of hydrogen-bond donors (Lipinski definition) is 1. The van der Waals surface area contributed by atoms with E-state index in [-0.39, 0.29) is 5.91 Å². The molecule has 3 aromatic rings. The van der Waals surface area contributed by atoms with Crippen LogP contribution in [0.25, 0.3) is 5.65 Å². The minimum absolute atomic E-state index is 0.0242. The van der Waals surface area contributed by atoms with Crippen molar-refractivity contribution in [2.45, 2.75) is 51.5 Å². The van der Waals surface area contributed by atoms with Gasteiger partial charge in [-0.25, -0.2) is 4.98 Å². The van der Waals surface area contributed by atoms with E-state index in [0.29, 0.717) is 18.2 Å². The molecule has 32 heavy (non-hydrogen) atoms. The van der Waals surface area contributed by atoms with E-state index in [9.17, 15) is 4.79 Å². The van der Waals surface area contributed by atoms with Crippen LogP contribution in [0.4, 0.5) is 0 Å². The maximum Gasteiger partial charge on any atom is 0.268 e. The van der Waals surface area contributed by atoms with Crippen LogP contribution in [-0.2, 0) is 6.54 Å². The Kier molecular flexibility index (Phi) is 6.26. The van der Waals surface area contributed by atoms with Gasteiger partial charge in [0.05, 0.1) is 5.69 Å². The lowest BCUT2D eigenvalue weighted by Gasteiger charge is -2.30. The molecule has 1 unspecified atom stereocenters. The average molecular weight is 431 g/mol. The molecule has 2 atom stereocenters. The highest BCUT2D eigenvalue weighted by Crippen LogP contribution is 2.35. The van der Waals surface area contributed by atoms with Crippen LogP contribution < -0.4 is 5.32 Å². The molecule has 5 nitrogen and oxygen atoms in total. The summed E-state index contributed by atoms with van der Waals surface area (Å²) in [7, 11) is 0. The highest BCUT2D eigenvalue weighted by molar-refractivity contribution is 5.93.